The predicted molar refractivity (Wildman–Crippen MR) is 114 cm³/mol. The van der Waals surface area contributed by atoms with Gasteiger partial charge in [-0.1, -0.05) is 30.3 Å². The molecule has 0 aliphatic carbocycles. The summed E-state index contributed by atoms with van der Waals surface area (Å²) in [4.78, 5) is 14.6. The lowest BCUT2D eigenvalue weighted by molar-refractivity contribution is -0.137. The second-order valence-electron chi connectivity index (χ2n) is 7.27. The zero-order chi connectivity index (χ0) is 21.8. The molecule has 4 aromatic rings. The molecule has 1 heterocycles. The zero-order valence-electron chi connectivity index (χ0n) is 16.4. The van der Waals surface area contributed by atoms with Crippen molar-refractivity contribution in [3.05, 3.63) is 90.0 Å². The van der Waals surface area contributed by atoms with Crippen LogP contribution >= 0.6 is 0 Å². The van der Waals surface area contributed by atoms with Crippen LogP contribution in [0.4, 0.5) is 24.5 Å². The number of alkyl halides is 3. The van der Waals surface area contributed by atoms with E-state index in [1.165, 1.54) is 17.0 Å². The first kappa shape index (κ1) is 19.2. The highest BCUT2D eigenvalue weighted by atomic mass is 19.4. The molecule has 1 aliphatic heterocycles. The van der Waals surface area contributed by atoms with Crippen LogP contribution in [0.15, 0.2) is 78.9 Å². The molecule has 0 saturated heterocycles. The van der Waals surface area contributed by atoms with E-state index in [9.17, 15) is 18.0 Å². The Labute approximate surface area is 176 Å². The monoisotopic (exact) mass is 419 g/mol. The third-order valence-electron chi connectivity index (χ3n) is 5.55. The van der Waals surface area contributed by atoms with Gasteiger partial charge in [-0.25, -0.2) is 0 Å². The first-order valence-electron chi connectivity index (χ1n) is 9.60. The molecule has 4 aromatic carbocycles. The van der Waals surface area contributed by atoms with Gasteiger partial charge in [0.2, 0.25) is 0 Å². The molecule has 6 heteroatoms. The highest BCUT2D eigenvalue weighted by Crippen LogP contribution is 2.45. The summed E-state index contributed by atoms with van der Waals surface area (Å²) in [6, 6.07) is 21.6. The number of benzene rings is 4. The van der Waals surface area contributed by atoms with Crippen molar-refractivity contribution < 1.29 is 22.7 Å². The fourth-order valence-electron chi connectivity index (χ4n) is 4.06. The van der Waals surface area contributed by atoms with Gasteiger partial charge in [0.15, 0.2) is 0 Å². The van der Waals surface area contributed by atoms with Crippen molar-refractivity contribution in [3.63, 3.8) is 0 Å². The van der Waals surface area contributed by atoms with Gasteiger partial charge in [0.25, 0.3) is 5.91 Å². The Morgan fingerprint density at radius 2 is 1.52 bits per heavy atom. The molecule has 154 valence electrons. The number of halogens is 3. The number of nitrogens with zero attached hydrogens (tertiary/aromatic N) is 1. The molecule has 31 heavy (non-hydrogen) atoms. The smallest absolute Gasteiger partial charge is 0.416 e. The highest BCUT2D eigenvalue weighted by molar-refractivity contribution is 6.29. The van der Waals surface area contributed by atoms with Gasteiger partial charge in [-0.3, -0.25) is 9.69 Å². The average molecular weight is 419 g/mol. The maximum atomic E-state index is 13.2. The highest BCUT2D eigenvalue weighted by Gasteiger charge is 2.33. The van der Waals surface area contributed by atoms with E-state index < -0.39 is 11.7 Å². The minimum Gasteiger partial charge on any atom is -0.497 e. The summed E-state index contributed by atoms with van der Waals surface area (Å²) in [6.45, 7) is 0. The van der Waals surface area contributed by atoms with Crippen LogP contribution in [0.3, 0.4) is 0 Å². The van der Waals surface area contributed by atoms with Crippen LogP contribution in [0.1, 0.15) is 15.9 Å². The predicted octanol–water partition coefficient (Wildman–Crippen LogP) is 6.83. The van der Waals surface area contributed by atoms with Crippen molar-refractivity contribution >= 4 is 28.1 Å². The molecule has 1 aliphatic rings. The van der Waals surface area contributed by atoms with Crippen LogP contribution in [-0.4, -0.2) is 13.0 Å². The molecule has 3 nitrogen and oxygen atoms in total. The Kier molecular flexibility index (Phi) is 4.25. The summed E-state index contributed by atoms with van der Waals surface area (Å²) < 4.78 is 44.0. The lowest BCUT2D eigenvalue weighted by Crippen LogP contribution is -2.21. The van der Waals surface area contributed by atoms with Crippen molar-refractivity contribution in [2.45, 2.75) is 6.18 Å². The minimum absolute atomic E-state index is 0.257. The molecule has 0 unspecified atom stereocenters. The van der Waals surface area contributed by atoms with Gasteiger partial charge in [0.1, 0.15) is 5.75 Å². The van der Waals surface area contributed by atoms with Crippen LogP contribution in [0.5, 0.6) is 5.75 Å². The molecular formula is C25H16F3NO2. The Balaban J connectivity index is 1.64. The Morgan fingerprint density at radius 1 is 0.806 bits per heavy atom. The van der Waals surface area contributed by atoms with Crippen molar-refractivity contribution in [3.8, 4) is 16.9 Å². The van der Waals surface area contributed by atoms with E-state index in [1.807, 2.05) is 48.5 Å². The summed E-state index contributed by atoms with van der Waals surface area (Å²) in [5.41, 5.74) is 2.78. The maximum absolute atomic E-state index is 13.2. The number of ether oxygens (including phenoxy) is 1. The number of hydrogen-bond acceptors (Lipinski definition) is 2. The topological polar surface area (TPSA) is 29.5 Å². The molecule has 0 bridgehead atoms. The lowest BCUT2D eigenvalue weighted by Gasteiger charge is -2.19. The molecule has 0 spiro atoms. The summed E-state index contributed by atoms with van der Waals surface area (Å²) in [7, 11) is 1.61. The molecule has 1 amide bonds. The molecule has 0 fully saturated rings. The Morgan fingerprint density at radius 3 is 2.16 bits per heavy atom. The molecule has 0 N–H and O–H groups in total. The quantitative estimate of drug-likeness (QED) is 0.364. The van der Waals surface area contributed by atoms with Gasteiger partial charge < -0.3 is 4.74 Å². The van der Waals surface area contributed by atoms with E-state index >= 15 is 0 Å². The fourth-order valence-corrected chi connectivity index (χ4v) is 4.06. The summed E-state index contributed by atoms with van der Waals surface area (Å²) >= 11 is 0. The molecular weight excluding hydrogens is 403 g/mol. The third kappa shape index (κ3) is 3.03. The summed E-state index contributed by atoms with van der Waals surface area (Å²) in [6.07, 6.45) is -4.43. The SMILES string of the molecule is COc1ccc(-c2ccc3c4c(cccc24)C(=O)N3c2ccc(C(F)(F)F)cc2)cc1. The number of carbonyl (C=O) groups excluding carboxylic acids is 1. The van der Waals surface area contributed by atoms with Crippen molar-refractivity contribution in [2.24, 2.45) is 0 Å². The molecule has 0 atom stereocenters. The number of carbonyl (C=O) groups is 1. The van der Waals surface area contributed by atoms with E-state index in [4.69, 9.17) is 4.74 Å². The standard InChI is InChI=1S/C25H16F3NO2/c1-31-18-11-5-15(6-12-18)19-13-14-22-23-20(19)3-2-4-21(23)24(30)29(22)17-9-7-16(8-10-17)25(26,27)28/h2-14H,1H3. The second kappa shape index (κ2) is 6.87. The van der Waals surface area contributed by atoms with Crippen LogP contribution < -0.4 is 9.64 Å². The van der Waals surface area contributed by atoms with Gasteiger partial charge >= 0.3 is 6.18 Å². The second-order valence-corrected chi connectivity index (χ2v) is 7.27. The molecule has 5 rings (SSSR count). The van der Waals surface area contributed by atoms with Gasteiger partial charge in [0.05, 0.1) is 23.9 Å². The van der Waals surface area contributed by atoms with E-state index in [0.717, 1.165) is 39.8 Å². The van der Waals surface area contributed by atoms with Gasteiger partial charge in [-0.15, -0.1) is 0 Å². The van der Waals surface area contributed by atoms with Crippen LogP contribution in [-0.2, 0) is 6.18 Å². The van der Waals surface area contributed by atoms with Crippen LogP contribution in [0, 0.1) is 0 Å². The van der Waals surface area contributed by atoms with E-state index in [2.05, 4.69) is 0 Å². The summed E-state index contributed by atoms with van der Waals surface area (Å²) in [5.74, 6) is 0.491. The van der Waals surface area contributed by atoms with Crippen molar-refractivity contribution in [1.29, 1.82) is 0 Å². The van der Waals surface area contributed by atoms with E-state index in [0.29, 0.717) is 16.9 Å². The Hall–Kier alpha value is -3.80. The fraction of sp³-hybridized carbons (Fsp3) is 0.0800. The summed E-state index contributed by atoms with van der Waals surface area (Å²) in [5, 5.41) is 1.70. The average Bonchev–Trinajstić information content (AvgIpc) is 3.07. The van der Waals surface area contributed by atoms with Gasteiger partial charge in [0, 0.05) is 11.1 Å². The maximum Gasteiger partial charge on any atom is 0.416 e. The van der Waals surface area contributed by atoms with Gasteiger partial charge in [-0.05, 0) is 65.0 Å². The first-order valence-corrected chi connectivity index (χ1v) is 9.60. The number of anilines is 2. The van der Waals surface area contributed by atoms with Crippen molar-refractivity contribution in [1.82, 2.24) is 0 Å². The van der Waals surface area contributed by atoms with E-state index in [1.54, 1.807) is 13.2 Å². The first-order chi connectivity index (χ1) is 14.9. The normalized spacial score (nSPS) is 13.2. The van der Waals surface area contributed by atoms with Crippen molar-refractivity contribution in [2.75, 3.05) is 12.0 Å². The largest absolute Gasteiger partial charge is 0.497 e. The van der Waals surface area contributed by atoms with E-state index in [-0.39, 0.29) is 5.91 Å². The van der Waals surface area contributed by atoms with Crippen LogP contribution in [0.2, 0.25) is 0 Å². The number of rotatable bonds is 3. The molecule has 0 saturated carbocycles. The van der Waals surface area contributed by atoms with Crippen LogP contribution in [0.25, 0.3) is 21.9 Å². The third-order valence-corrected chi connectivity index (χ3v) is 5.55. The number of amides is 1. The number of methoxy groups -OCH3 is 1. The minimum atomic E-state index is -4.43. The molecule has 0 aromatic heterocycles. The Bertz CT molecular complexity index is 1310. The van der Waals surface area contributed by atoms with Gasteiger partial charge in [-0.2, -0.15) is 13.2 Å². The number of hydrogen-bond donors (Lipinski definition) is 0. The zero-order valence-corrected chi connectivity index (χ0v) is 16.4. The lowest BCUT2D eigenvalue weighted by atomic mass is 9.96. The molecule has 0 radical (unpaired) electrons.